The molecule has 0 aliphatic heterocycles. The molecule has 0 radical (unpaired) electrons. The van der Waals surface area contributed by atoms with Crippen LogP contribution in [0.2, 0.25) is 0 Å². The average Bonchev–Trinajstić information content (AvgIpc) is 3.26. The standard InChI is InChI=1S/C19H25N7O.HI/c1-5-20-19(22-11-17-25-24-14(3)26(17)4)21-10-16-12-27-18(23-16)15-8-6-13(2)7-9-15;/h6-9,12H,5,10-11H2,1-4H3,(H2,20,21,22);1H. The fourth-order valence-corrected chi connectivity index (χ4v) is 2.48. The van der Waals surface area contributed by atoms with Crippen LogP contribution in [0.15, 0.2) is 39.9 Å². The predicted molar refractivity (Wildman–Crippen MR) is 119 cm³/mol. The lowest BCUT2D eigenvalue weighted by Gasteiger charge is -2.10. The summed E-state index contributed by atoms with van der Waals surface area (Å²) in [6.45, 7) is 7.72. The molecule has 0 fully saturated rings. The second kappa shape index (κ2) is 10.2. The van der Waals surface area contributed by atoms with Crippen molar-refractivity contribution in [1.29, 1.82) is 0 Å². The van der Waals surface area contributed by atoms with Crippen molar-refractivity contribution < 1.29 is 4.42 Å². The van der Waals surface area contributed by atoms with Crippen LogP contribution in [-0.2, 0) is 20.1 Å². The first kappa shape index (κ1) is 21.9. The lowest BCUT2D eigenvalue weighted by atomic mass is 10.1. The fraction of sp³-hybridized carbons (Fsp3) is 0.368. The van der Waals surface area contributed by atoms with Gasteiger partial charge in [0.2, 0.25) is 5.89 Å². The summed E-state index contributed by atoms with van der Waals surface area (Å²) >= 11 is 0. The van der Waals surface area contributed by atoms with E-state index in [1.165, 1.54) is 5.56 Å². The number of guanidine groups is 1. The van der Waals surface area contributed by atoms with Crippen LogP contribution in [-0.4, -0.2) is 32.3 Å². The predicted octanol–water partition coefficient (Wildman–Crippen LogP) is 2.96. The summed E-state index contributed by atoms with van der Waals surface area (Å²) in [6, 6.07) is 8.09. The quantitative estimate of drug-likeness (QED) is 0.311. The maximum absolute atomic E-state index is 5.59. The highest BCUT2D eigenvalue weighted by atomic mass is 127. The Morgan fingerprint density at radius 2 is 1.89 bits per heavy atom. The highest BCUT2D eigenvalue weighted by Crippen LogP contribution is 2.19. The van der Waals surface area contributed by atoms with Gasteiger partial charge in [-0.25, -0.2) is 9.98 Å². The van der Waals surface area contributed by atoms with Crippen LogP contribution in [0.5, 0.6) is 0 Å². The molecule has 0 spiro atoms. The van der Waals surface area contributed by atoms with Crippen molar-refractivity contribution in [2.75, 3.05) is 6.54 Å². The highest BCUT2D eigenvalue weighted by molar-refractivity contribution is 14.0. The monoisotopic (exact) mass is 495 g/mol. The van der Waals surface area contributed by atoms with Gasteiger partial charge in [0.05, 0.1) is 13.1 Å². The maximum atomic E-state index is 5.59. The lowest BCUT2D eigenvalue weighted by molar-refractivity contribution is 0.572. The largest absolute Gasteiger partial charge is 0.444 e. The molecule has 3 aromatic rings. The van der Waals surface area contributed by atoms with Crippen LogP contribution < -0.4 is 10.6 Å². The molecule has 8 nitrogen and oxygen atoms in total. The Bertz CT molecular complexity index is 915. The Kier molecular flexibility index (Phi) is 7.97. The van der Waals surface area contributed by atoms with E-state index in [9.17, 15) is 0 Å². The SMILES string of the molecule is CCNC(=NCc1coc(-c2ccc(C)cc2)n1)NCc1nnc(C)n1C.I. The highest BCUT2D eigenvalue weighted by Gasteiger charge is 2.08. The second-order valence-electron chi connectivity index (χ2n) is 6.28. The van der Waals surface area contributed by atoms with E-state index >= 15 is 0 Å². The van der Waals surface area contributed by atoms with Gasteiger partial charge < -0.3 is 19.6 Å². The molecular weight excluding hydrogens is 469 g/mol. The first-order valence-corrected chi connectivity index (χ1v) is 8.95. The molecule has 3 rings (SSSR count). The molecule has 0 aliphatic carbocycles. The van der Waals surface area contributed by atoms with Crippen molar-refractivity contribution in [2.45, 2.75) is 33.9 Å². The van der Waals surface area contributed by atoms with Crippen LogP contribution in [0.3, 0.4) is 0 Å². The molecule has 0 bridgehead atoms. The summed E-state index contributed by atoms with van der Waals surface area (Å²) in [7, 11) is 1.94. The van der Waals surface area contributed by atoms with E-state index in [0.717, 1.165) is 29.5 Å². The van der Waals surface area contributed by atoms with Gasteiger partial charge in [-0.05, 0) is 32.9 Å². The van der Waals surface area contributed by atoms with Crippen molar-refractivity contribution in [1.82, 2.24) is 30.4 Å². The number of benzene rings is 1. The van der Waals surface area contributed by atoms with Crippen LogP contribution >= 0.6 is 24.0 Å². The maximum Gasteiger partial charge on any atom is 0.226 e. The molecule has 2 aromatic heterocycles. The van der Waals surface area contributed by atoms with Crippen molar-refractivity contribution >= 4 is 29.9 Å². The Hall–Kier alpha value is -2.43. The molecule has 2 heterocycles. The third-order valence-corrected chi connectivity index (χ3v) is 4.19. The second-order valence-corrected chi connectivity index (χ2v) is 6.28. The molecule has 28 heavy (non-hydrogen) atoms. The number of hydrogen-bond donors (Lipinski definition) is 2. The van der Waals surface area contributed by atoms with Crippen LogP contribution in [0, 0.1) is 13.8 Å². The zero-order valence-electron chi connectivity index (χ0n) is 16.6. The zero-order chi connectivity index (χ0) is 19.2. The van der Waals surface area contributed by atoms with Gasteiger partial charge in [-0.3, -0.25) is 0 Å². The molecule has 0 unspecified atom stereocenters. The van der Waals surface area contributed by atoms with Crippen LogP contribution in [0.4, 0.5) is 0 Å². The summed E-state index contributed by atoms with van der Waals surface area (Å²) in [6.07, 6.45) is 1.65. The van der Waals surface area contributed by atoms with Crippen LogP contribution in [0.1, 0.15) is 29.8 Å². The number of rotatable bonds is 6. The van der Waals surface area contributed by atoms with Crippen LogP contribution in [0.25, 0.3) is 11.5 Å². The van der Waals surface area contributed by atoms with Gasteiger partial charge in [0, 0.05) is 19.2 Å². The third-order valence-electron chi connectivity index (χ3n) is 4.19. The van der Waals surface area contributed by atoms with Gasteiger partial charge in [-0.15, -0.1) is 34.2 Å². The average molecular weight is 495 g/mol. The molecule has 0 saturated heterocycles. The topological polar surface area (TPSA) is 93.2 Å². The normalized spacial score (nSPS) is 11.2. The molecule has 150 valence electrons. The zero-order valence-corrected chi connectivity index (χ0v) is 18.9. The molecule has 2 N–H and O–H groups in total. The van der Waals surface area contributed by atoms with Gasteiger partial charge in [-0.2, -0.15) is 0 Å². The molecule has 0 amide bonds. The first-order chi connectivity index (χ1) is 13.1. The minimum Gasteiger partial charge on any atom is -0.444 e. The Balaban J connectivity index is 0.00000280. The van der Waals surface area contributed by atoms with Crippen molar-refractivity contribution in [3.63, 3.8) is 0 Å². The Morgan fingerprint density at radius 3 is 2.54 bits per heavy atom. The minimum atomic E-state index is 0. The van der Waals surface area contributed by atoms with E-state index in [1.807, 2.05) is 49.7 Å². The summed E-state index contributed by atoms with van der Waals surface area (Å²) in [5, 5.41) is 14.7. The van der Waals surface area contributed by atoms with Crippen molar-refractivity contribution in [2.24, 2.45) is 12.0 Å². The summed E-state index contributed by atoms with van der Waals surface area (Å²) < 4.78 is 7.53. The van der Waals surface area contributed by atoms with Gasteiger partial charge in [-0.1, -0.05) is 17.7 Å². The molecule has 0 aliphatic rings. The van der Waals surface area contributed by atoms with Crippen molar-refractivity contribution in [3.05, 3.63) is 53.4 Å². The minimum absolute atomic E-state index is 0. The van der Waals surface area contributed by atoms with Gasteiger partial charge in [0.1, 0.15) is 17.8 Å². The molecule has 9 heteroatoms. The van der Waals surface area contributed by atoms with E-state index in [0.29, 0.717) is 24.9 Å². The van der Waals surface area contributed by atoms with E-state index in [1.54, 1.807) is 6.26 Å². The number of aliphatic imine (C=N–C) groups is 1. The van der Waals surface area contributed by atoms with Crippen molar-refractivity contribution in [3.8, 4) is 11.5 Å². The van der Waals surface area contributed by atoms with E-state index in [-0.39, 0.29) is 24.0 Å². The number of oxazole rings is 1. The molecular formula is C19H26IN7O. The summed E-state index contributed by atoms with van der Waals surface area (Å²) in [5.41, 5.74) is 2.94. The fourth-order valence-electron chi connectivity index (χ4n) is 2.48. The van der Waals surface area contributed by atoms with Gasteiger partial charge >= 0.3 is 0 Å². The molecule has 1 aromatic carbocycles. The Labute approximate surface area is 181 Å². The van der Waals surface area contributed by atoms with E-state index < -0.39 is 0 Å². The van der Waals surface area contributed by atoms with E-state index in [2.05, 4.69) is 37.7 Å². The number of aromatic nitrogens is 4. The lowest BCUT2D eigenvalue weighted by Crippen LogP contribution is -2.37. The number of hydrogen-bond acceptors (Lipinski definition) is 5. The Morgan fingerprint density at radius 1 is 1.14 bits per heavy atom. The summed E-state index contributed by atoms with van der Waals surface area (Å²) in [5.74, 6) is 3.02. The molecule has 0 atom stereocenters. The number of nitrogens with zero attached hydrogens (tertiary/aromatic N) is 5. The third kappa shape index (κ3) is 5.54. The molecule has 0 saturated carbocycles. The summed E-state index contributed by atoms with van der Waals surface area (Å²) in [4.78, 5) is 9.09. The number of nitrogens with one attached hydrogen (secondary N) is 2. The van der Waals surface area contributed by atoms with E-state index in [4.69, 9.17) is 4.42 Å². The number of aryl methyl sites for hydroxylation is 2. The smallest absolute Gasteiger partial charge is 0.226 e. The van der Waals surface area contributed by atoms with Gasteiger partial charge in [0.15, 0.2) is 11.8 Å². The first-order valence-electron chi connectivity index (χ1n) is 8.95. The van der Waals surface area contributed by atoms with Gasteiger partial charge in [0.25, 0.3) is 0 Å². The number of halogens is 1.